The Kier molecular flexibility index (Phi) is 4.17. The molecule has 0 bridgehead atoms. The van der Waals surface area contributed by atoms with E-state index in [1.807, 2.05) is 32.2 Å². The second-order valence-electron chi connectivity index (χ2n) is 4.92. The number of aliphatic hydroxyl groups is 1. The van der Waals surface area contributed by atoms with Crippen molar-refractivity contribution in [2.24, 2.45) is 0 Å². The largest absolute Gasteiger partial charge is 0.392 e. The molecule has 0 amide bonds. The van der Waals surface area contributed by atoms with E-state index in [2.05, 4.69) is 35.0 Å². The van der Waals surface area contributed by atoms with E-state index < -0.39 is 0 Å². The lowest BCUT2D eigenvalue weighted by molar-refractivity contribution is 0.281. The van der Waals surface area contributed by atoms with Crippen LogP contribution in [0.2, 0.25) is 0 Å². The molecule has 0 spiro atoms. The fourth-order valence-corrected chi connectivity index (χ4v) is 2.13. The van der Waals surface area contributed by atoms with Crippen LogP contribution in [-0.4, -0.2) is 17.1 Å². The second kappa shape index (κ2) is 5.85. The van der Waals surface area contributed by atoms with Crippen molar-refractivity contribution in [1.29, 1.82) is 0 Å². The van der Waals surface area contributed by atoms with Crippen molar-refractivity contribution in [2.75, 3.05) is 11.9 Å². The van der Waals surface area contributed by atoms with Crippen molar-refractivity contribution in [1.82, 2.24) is 4.98 Å². The molecule has 0 unspecified atom stereocenters. The third kappa shape index (κ3) is 3.32. The summed E-state index contributed by atoms with van der Waals surface area (Å²) in [5.74, 6) is 0.896. The highest BCUT2D eigenvalue weighted by molar-refractivity contribution is 5.43. The van der Waals surface area contributed by atoms with Crippen LogP contribution in [0.3, 0.4) is 0 Å². The predicted molar refractivity (Wildman–Crippen MR) is 78.2 cm³/mol. The van der Waals surface area contributed by atoms with E-state index in [9.17, 15) is 5.11 Å². The molecule has 1 heterocycles. The smallest absolute Gasteiger partial charge is 0.129 e. The molecule has 0 fully saturated rings. The molecule has 0 saturated carbocycles. The summed E-state index contributed by atoms with van der Waals surface area (Å²) >= 11 is 0. The third-order valence-corrected chi connectivity index (χ3v) is 3.24. The van der Waals surface area contributed by atoms with Crippen molar-refractivity contribution in [3.63, 3.8) is 0 Å². The zero-order valence-corrected chi connectivity index (χ0v) is 11.7. The number of hydrogen-bond acceptors (Lipinski definition) is 3. The van der Waals surface area contributed by atoms with Gasteiger partial charge in [-0.05, 0) is 42.7 Å². The van der Waals surface area contributed by atoms with Gasteiger partial charge in [0, 0.05) is 19.3 Å². The average Bonchev–Trinajstić information content (AvgIpc) is 2.40. The number of benzene rings is 1. The summed E-state index contributed by atoms with van der Waals surface area (Å²) in [6.45, 7) is 4.93. The summed E-state index contributed by atoms with van der Waals surface area (Å²) in [6.07, 6.45) is 0. The van der Waals surface area contributed by atoms with Crippen molar-refractivity contribution in [3.05, 3.63) is 58.8 Å². The molecule has 1 aromatic heterocycles. The highest BCUT2D eigenvalue weighted by atomic mass is 16.3. The van der Waals surface area contributed by atoms with E-state index in [-0.39, 0.29) is 6.61 Å². The number of pyridine rings is 1. The monoisotopic (exact) mass is 256 g/mol. The van der Waals surface area contributed by atoms with Crippen LogP contribution in [0.25, 0.3) is 0 Å². The number of nitrogens with zero attached hydrogens (tertiary/aromatic N) is 2. The van der Waals surface area contributed by atoms with Crippen molar-refractivity contribution in [2.45, 2.75) is 27.0 Å². The molecule has 3 nitrogen and oxygen atoms in total. The molecule has 1 N–H and O–H groups in total. The number of rotatable bonds is 4. The molecule has 100 valence electrons. The van der Waals surface area contributed by atoms with Gasteiger partial charge in [-0.25, -0.2) is 4.98 Å². The number of aromatic nitrogens is 1. The van der Waals surface area contributed by atoms with Crippen molar-refractivity contribution >= 4 is 5.82 Å². The van der Waals surface area contributed by atoms with Gasteiger partial charge >= 0.3 is 0 Å². The van der Waals surface area contributed by atoms with E-state index in [0.29, 0.717) is 0 Å². The quantitative estimate of drug-likeness (QED) is 0.913. The summed E-state index contributed by atoms with van der Waals surface area (Å²) in [5.41, 5.74) is 4.40. The van der Waals surface area contributed by atoms with E-state index in [4.69, 9.17) is 0 Å². The Balaban J connectivity index is 2.22. The molecule has 0 atom stereocenters. The van der Waals surface area contributed by atoms with Gasteiger partial charge in [0.1, 0.15) is 5.82 Å². The fourth-order valence-electron chi connectivity index (χ4n) is 2.13. The first-order chi connectivity index (χ1) is 9.10. The van der Waals surface area contributed by atoms with E-state index >= 15 is 0 Å². The summed E-state index contributed by atoms with van der Waals surface area (Å²) in [6, 6.07) is 12.2. The van der Waals surface area contributed by atoms with Crippen molar-refractivity contribution < 1.29 is 5.11 Å². The maximum Gasteiger partial charge on any atom is 0.129 e. The third-order valence-electron chi connectivity index (χ3n) is 3.24. The molecule has 2 rings (SSSR count). The molecule has 1 aromatic carbocycles. The van der Waals surface area contributed by atoms with Gasteiger partial charge in [-0.1, -0.05) is 24.3 Å². The minimum absolute atomic E-state index is 0.0502. The Bertz CT molecular complexity index is 566. The molecule has 0 radical (unpaired) electrons. The average molecular weight is 256 g/mol. The SMILES string of the molecule is Cc1cc(CO)cc(N(C)Cc2ccccc2C)n1. The van der Waals surface area contributed by atoms with Gasteiger partial charge in [-0.15, -0.1) is 0 Å². The normalized spacial score (nSPS) is 10.5. The number of aryl methyl sites for hydroxylation is 2. The van der Waals surface area contributed by atoms with Gasteiger partial charge in [0.2, 0.25) is 0 Å². The lowest BCUT2D eigenvalue weighted by Crippen LogP contribution is -2.18. The van der Waals surface area contributed by atoms with Gasteiger partial charge in [-0.3, -0.25) is 0 Å². The minimum Gasteiger partial charge on any atom is -0.392 e. The summed E-state index contributed by atoms with van der Waals surface area (Å²) in [7, 11) is 2.02. The maximum absolute atomic E-state index is 9.26. The summed E-state index contributed by atoms with van der Waals surface area (Å²) < 4.78 is 0. The molecule has 0 aliphatic carbocycles. The van der Waals surface area contributed by atoms with Crippen LogP contribution in [0.5, 0.6) is 0 Å². The molecule has 0 aliphatic rings. The fraction of sp³-hybridized carbons (Fsp3) is 0.312. The Morgan fingerprint density at radius 1 is 1.16 bits per heavy atom. The molecular formula is C16H20N2O. The first kappa shape index (κ1) is 13.6. The van der Waals surface area contributed by atoms with Gasteiger partial charge < -0.3 is 10.0 Å². The van der Waals surface area contributed by atoms with Gasteiger partial charge in [0.15, 0.2) is 0 Å². The van der Waals surface area contributed by atoms with Crippen LogP contribution in [0.15, 0.2) is 36.4 Å². The Labute approximate surface area is 114 Å². The van der Waals surface area contributed by atoms with E-state index in [0.717, 1.165) is 23.6 Å². The Morgan fingerprint density at radius 3 is 2.58 bits per heavy atom. The van der Waals surface area contributed by atoms with Gasteiger partial charge in [0.05, 0.1) is 6.61 Å². The lowest BCUT2D eigenvalue weighted by Gasteiger charge is -2.20. The molecular weight excluding hydrogens is 236 g/mol. The Hall–Kier alpha value is -1.87. The van der Waals surface area contributed by atoms with E-state index in [1.165, 1.54) is 11.1 Å². The highest BCUT2D eigenvalue weighted by Gasteiger charge is 2.07. The Morgan fingerprint density at radius 2 is 1.89 bits per heavy atom. The second-order valence-corrected chi connectivity index (χ2v) is 4.92. The lowest BCUT2D eigenvalue weighted by atomic mass is 10.1. The van der Waals surface area contributed by atoms with Gasteiger partial charge in [-0.2, -0.15) is 0 Å². The zero-order valence-electron chi connectivity index (χ0n) is 11.7. The summed E-state index contributed by atoms with van der Waals surface area (Å²) in [4.78, 5) is 6.63. The van der Waals surface area contributed by atoms with Crippen LogP contribution in [0, 0.1) is 13.8 Å². The zero-order chi connectivity index (χ0) is 13.8. The maximum atomic E-state index is 9.26. The molecule has 3 heteroatoms. The summed E-state index contributed by atoms with van der Waals surface area (Å²) in [5, 5.41) is 9.26. The molecule has 0 saturated heterocycles. The standard InChI is InChI=1S/C16H20N2O/c1-12-6-4-5-7-15(12)10-18(3)16-9-14(11-19)8-13(2)17-16/h4-9,19H,10-11H2,1-3H3. The highest BCUT2D eigenvalue weighted by Crippen LogP contribution is 2.17. The first-order valence-electron chi connectivity index (χ1n) is 6.44. The molecule has 2 aromatic rings. The predicted octanol–water partition coefficient (Wildman–Crippen LogP) is 2.83. The minimum atomic E-state index is 0.0502. The number of anilines is 1. The van der Waals surface area contributed by atoms with Crippen molar-refractivity contribution in [3.8, 4) is 0 Å². The first-order valence-corrected chi connectivity index (χ1v) is 6.44. The molecule has 0 aliphatic heterocycles. The van der Waals surface area contributed by atoms with Crippen LogP contribution in [0.4, 0.5) is 5.82 Å². The van der Waals surface area contributed by atoms with Crippen LogP contribution in [0.1, 0.15) is 22.4 Å². The van der Waals surface area contributed by atoms with E-state index in [1.54, 1.807) is 0 Å². The number of hydrogen-bond donors (Lipinski definition) is 1. The van der Waals surface area contributed by atoms with Crippen LogP contribution >= 0.6 is 0 Å². The topological polar surface area (TPSA) is 36.4 Å². The van der Waals surface area contributed by atoms with Crippen LogP contribution in [-0.2, 0) is 13.2 Å². The number of aliphatic hydroxyl groups excluding tert-OH is 1. The molecule has 19 heavy (non-hydrogen) atoms. The van der Waals surface area contributed by atoms with Gasteiger partial charge in [0.25, 0.3) is 0 Å². The van der Waals surface area contributed by atoms with Crippen LogP contribution < -0.4 is 4.90 Å².